The Balaban J connectivity index is 1.33. The number of aryl methyl sites for hydroxylation is 2. The van der Waals surface area contributed by atoms with Crippen molar-refractivity contribution in [1.29, 1.82) is 0 Å². The Kier molecular flexibility index (Phi) is 4.74. The van der Waals surface area contributed by atoms with Crippen molar-refractivity contribution in [2.75, 3.05) is 26.2 Å². The summed E-state index contributed by atoms with van der Waals surface area (Å²) in [6.45, 7) is 8.03. The molecule has 1 N–H and O–H groups in total. The summed E-state index contributed by atoms with van der Waals surface area (Å²) in [5.41, 5.74) is 2.77. The third-order valence-electron chi connectivity index (χ3n) is 5.54. The SMILES string of the molecule is Cc1noc(C)c1CN1C[C@@H]2[C@@H](CNC(=O)c3ccncc3)CO[C@@H]2C1. The molecule has 0 saturated carbocycles. The van der Waals surface area contributed by atoms with Crippen LogP contribution in [0.5, 0.6) is 0 Å². The summed E-state index contributed by atoms with van der Waals surface area (Å²) in [6.07, 6.45) is 3.51. The molecule has 0 spiro atoms. The molecule has 2 aromatic rings. The maximum atomic E-state index is 12.2. The van der Waals surface area contributed by atoms with Gasteiger partial charge in [0.2, 0.25) is 0 Å². The largest absolute Gasteiger partial charge is 0.376 e. The molecule has 1 amide bonds. The van der Waals surface area contributed by atoms with Crippen molar-refractivity contribution in [1.82, 2.24) is 20.4 Å². The molecule has 4 heterocycles. The summed E-state index contributed by atoms with van der Waals surface area (Å²) in [5, 5.41) is 7.08. The number of fused-ring (bicyclic) bond motifs is 1. The van der Waals surface area contributed by atoms with Crippen molar-refractivity contribution in [2.24, 2.45) is 11.8 Å². The van der Waals surface area contributed by atoms with Crippen LogP contribution in [-0.2, 0) is 11.3 Å². The fourth-order valence-corrected chi connectivity index (χ4v) is 4.00. The number of ether oxygens (including phenoxy) is 1. The number of nitrogens with zero attached hydrogens (tertiary/aromatic N) is 3. The van der Waals surface area contributed by atoms with Crippen LogP contribution in [0.1, 0.15) is 27.4 Å². The Labute approximate surface area is 152 Å². The van der Waals surface area contributed by atoms with E-state index in [0.29, 0.717) is 30.6 Å². The summed E-state index contributed by atoms with van der Waals surface area (Å²) < 4.78 is 11.3. The van der Waals surface area contributed by atoms with Crippen LogP contribution in [-0.4, -0.2) is 53.3 Å². The molecular formula is C19H24N4O3. The zero-order valence-corrected chi connectivity index (χ0v) is 15.1. The Morgan fingerprint density at radius 2 is 2.12 bits per heavy atom. The number of aromatic nitrogens is 2. The van der Waals surface area contributed by atoms with Crippen LogP contribution in [0.2, 0.25) is 0 Å². The van der Waals surface area contributed by atoms with Crippen LogP contribution in [0.4, 0.5) is 0 Å². The van der Waals surface area contributed by atoms with E-state index < -0.39 is 0 Å². The van der Waals surface area contributed by atoms with E-state index in [-0.39, 0.29) is 12.0 Å². The minimum absolute atomic E-state index is 0.0542. The Morgan fingerprint density at radius 3 is 2.85 bits per heavy atom. The van der Waals surface area contributed by atoms with Crippen molar-refractivity contribution in [3.63, 3.8) is 0 Å². The first-order chi connectivity index (χ1) is 12.6. The monoisotopic (exact) mass is 356 g/mol. The van der Waals surface area contributed by atoms with Gasteiger partial charge in [-0.05, 0) is 26.0 Å². The minimum Gasteiger partial charge on any atom is -0.376 e. The number of likely N-dealkylation sites (tertiary alicyclic amines) is 1. The number of carbonyl (C=O) groups excluding carboxylic acids is 1. The molecule has 3 atom stereocenters. The molecule has 26 heavy (non-hydrogen) atoms. The molecule has 138 valence electrons. The van der Waals surface area contributed by atoms with Gasteiger partial charge in [0.05, 0.1) is 18.4 Å². The van der Waals surface area contributed by atoms with Gasteiger partial charge in [-0.3, -0.25) is 14.7 Å². The number of hydrogen-bond donors (Lipinski definition) is 1. The summed E-state index contributed by atoms with van der Waals surface area (Å²) in [7, 11) is 0. The number of amides is 1. The second-order valence-corrected chi connectivity index (χ2v) is 7.24. The van der Waals surface area contributed by atoms with Crippen molar-refractivity contribution in [3.8, 4) is 0 Å². The van der Waals surface area contributed by atoms with Gasteiger partial charge in [-0.25, -0.2) is 0 Å². The van der Waals surface area contributed by atoms with E-state index >= 15 is 0 Å². The highest BCUT2D eigenvalue weighted by Crippen LogP contribution is 2.34. The van der Waals surface area contributed by atoms with E-state index in [1.807, 2.05) is 13.8 Å². The van der Waals surface area contributed by atoms with Gasteiger partial charge in [0.1, 0.15) is 5.76 Å². The van der Waals surface area contributed by atoms with E-state index in [4.69, 9.17) is 9.26 Å². The van der Waals surface area contributed by atoms with Crippen LogP contribution in [0.25, 0.3) is 0 Å². The number of hydrogen-bond acceptors (Lipinski definition) is 6. The predicted molar refractivity (Wildman–Crippen MR) is 94.5 cm³/mol. The van der Waals surface area contributed by atoms with E-state index in [1.165, 1.54) is 5.56 Å². The molecule has 0 bridgehead atoms. The van der Waals surface area contributed by atoms with E-state index in [9.17, 15) is 4.79 Å². The standard InChI is InChI=1S/C19H24N4O3/c1-12-16(13(2)26-22-12)8-23-9-17-15(11-25-18(17)10-23)7-21-19(24)14-3-5-20-6-4-14/h3-6,15,17-18H,7-11H2,1-2H3,(H,21,24)/t15-,17+,18+/m0/s1. The molecule has 2 aromatic heterocycles. The quantitative estimate of drug-likeness (QED) is 0.876. The van der Waals surface area contributed by atoms with E-state index in [1.54, 1.807) is 24.5 Å². The second-order valence-electron chi connectivity index (χ2n) is 7.24. The van der Waals surface area contributed by atoms with Crippen molar-refractivity contribution in [3.05, 3.63) is 47.1 Å². The van der Waals surface area contributed by atoms with Gasteiger partial charge in [0, 0.05) is 61.5 Å². The van der Waals surface area contributed by atoms with Gasteiger partial charge < -0.3 is 14.6 Å². The van der Waals surface area contributed by atoms with Crippen molar-refractivity contribution >= 4 is 5.91 Å². The van der Waals surface area contributed by atoms with E-state index in [0.717, 1.165) is 31.1 Å². The Morgan fingerprint density at radius 1 is 1.31 bits per heavy atom. The number of pyridine rings is 1. The second kappa shape index (κ2) is 7.17. The lowest BCUT2D eigenvalue weighted by molar-refractivity contribution is 0.0903. The molecule has 0 unspecified atom stereocenters. The molecule has 2 aliphatic heterocycles. The summed E-state index contributed by atoms with van der Waals surface area (Å²) in [5.74, 6) is 1.64. The zero-order chi connectivity index (χ0) is 18.1. The molecule has 2 aliphatic rings. The number of nitrogens with one attached hydrogen (secondary N) is 1. The maximum Gasteiger partial charge on any atom is 0.251 e. The van der Waals surface area contributed by atoms with Crippen LogP contribution < -0.4 is 5.32 Å². The lowest BCUT2D eigenvalue weighted by Crippen LogP contribution is -2.34. The van der Waals surface area contributed by atoms with Crippen LogP contribution in [0.15, 0.2) is 29.0 Å². The zero-order valence-electron chi connectivity index (χ0n) is 15.1. The third-order valence-corrected chi connectivity index (χ3v) is 5.54. The normalized spacial score (nSPS) is 25.4. The average molecular weight is 356 g/mol. The Hall–Kier alpha value is -2.25. The summed E-state index contributed by atoms with van der Waals surface area (Å²) >= 11 is 0. The highest BCUT2D eigenvalue weighted by Gasteiger charge is 2.43. The fraction of sp³-hybridized carbons (Fsp3) is 0.526. The van der Waals surface area contributed by atoms with Crippen molar-refractivity contribution in [2.45, 2.75) is 26.5 Å². The molecule has 0 radical (unpaired) electrons. The average Bonchev–Trinajstić information content (AvgIpc) is 3.31. The highest BCUT2D eigenvalue weighted by atomic mass is 16.5. The summed E-state index contributed by atoms with van der Waals surface area (Å²) in [4.78, 5) is 18.6. The van der Waals surface area contributed by atoms with Gasteiger partial charge in [-0.2, -0.15) is 0 Å². The molecule has 7 heteroatoms. The van der Waals surface area contributed by atoms with Crippen LogP contribution >= 0.6 is 0 Å². The molecule has 2 fully saturated rings. The van der Waals surface area contributed by atoms with Crippen LogP contribution in [0, 0.1) is 25.7 Å². The number of rotatable bonds is 5. The first-order valence-corrected chi connectivity index (χ1v) is 9.05. The smallest absolute Gasteiger partial charge is 0.251 e. The van der Waals surface area contributed by atoms with E-state index in [2.05, 4.69) is 20.4 Å². The van der Waals surface area contributed by atoms with Gasteiger partial charge in [-0.15, -0.1) is 0 Å². The highest BCUT2D eigenvalue weighted by molar-refractivity contribution is 5.93. The minimum atomic E-state index is -0.0542. The first kappa shape index (κ1) is 17.2. The molecule has 2 saturated heterocycles. The molecule has 0 aromatic carbocycles. The summed E-state index contributed by atoms with van der Waals surface area (Å²) in [6, 6.07) is 3.45. The lowest BCUT2D eigenvalue weighted by Gasteiger charge is -2.20. The van der Waals surface area contributed by atoms with Crippen molar-refractivity contribution < 1.29 is 14.1 Å². The Bertz CT molecular complexity index is 757. The van der Waals surface area contributed by atoms with Gasteiger partial charge in [-0.1, -0.05) is 5.16 Å². The number of carbonyl (C=O) groups is 1. The topological polar surface area (TPSA) is 80.5 Å². The van der Waals surface area contributed by atoms with Gasteiger partial charge >= 0.3 is 0 Å². The van der Waals surface area contributed by atoms with Crippen LogP contribution in [0.3, 0.4) is 0 Å². The van der Waals surface area contributed by atoms with Gasteiger partial charge in [0.15, 0.2) is 0 Å². The lowest BCUT2D eigenvalue weighted by atomic mass is 9.93. The first-order valence-electron chi connectivity index (χ1n) is 9.05. The molecule has 0 aliphatic carbocycles. The molecule has 7 nitrogen and oxygen atoms in total. The molecule has 4 rings (SSSR count). The maximum absolute atomic E-state index is 12.2. The molecular weight excluding hydrogens is 332 g/mol. The third kappa shape index (κ3) is 3.37. The fourth-order valence-electron chi connectivity index (χ4n) is 4.00. The predicted octanol–water partition coefficient (Wildman–Crippen LogP) is 1.56. The van der Waals surface area contributed by atoms with Gasteiger partial charge in [0.25, 0.3) is 5.91 Å².